The van der Waals surface area contributed by atoms with E-state index < -0.39 is 28.9 Å². The number of halogens is 2. The zero-order valence-electron chi connectivity index (χ0n) is 22.9. The molecule has 2 aromatic heterocycles. The van der Waals surface area contributed by atoms with Gasteiger partial charge in [0, 0.05) is 47.9 Å². The van der Waals surface area contributed by atoms with Crippen molar-refractivity contribution in [1.29, 1.82) is 0 Å². The summed E-state index contributed by atoms with van der Waals surface area (Å²) in [6, 6.07) is 19.7. The Labute approximate surface area is 244 Å². The van der Waals surface area contributed by atoms with Gasteiger partial charge in [-0.3, -0.25) is 14.4 Å². The van der Waals surface area contributed by atoms with Crippen LogP contribution >= 0.6 is 0 Å². The van der Waals surface area contributed by atoms with Crippen LogP contribution in [0.4, 0.5) is 20.2 Å². The van der Waals surface area contributed by atoms with Crippen LogP contribution in [-0.4, -0.2) is 34.4 Å². The van der Waals surface area contributed by atoms with Crippen LogP contribution in [-0.2, 0) is 9.59 Å². The lowest BCUT2D eigenvalue weighted by molar-refractivity contribution is -0.131. The molecule has 0 bridgehead atoms. The van der Waals surface area contributed by atoms with E-state index in [2.05, 4.69) is 21.0 Å². The Morgan fingerprint density at radius 2 is 1.58 bits per heavy atom. The number of amides is 3. The third-order valence-corrected chi connectivity index (χ3v) is 7.31. The molecule has 1 fully saturated rings. The number of benzene rings is 3. The van der Waals surface area contributed by atoms with E-state index in [4.69, 9.17) is 4.74 Å². The molecule has 5 aromatic rings. The van der Waals surface area contributed by atoms with Gasteiger partial charge in [-0.15, -0.1) is 0 Å². The molecule has 1 aliphatic carbocycles. The van der Waals surface area contributed by atoms with Crippen LogP contribution in [0.2, 0.25) is 0 Å². The maximum Gasteiger partial charge on any atom is 0.251 e. The van der Waals surface area contributed by atoms with E-state index in [0.29, 0.717) is 35.4 Å². The summed E-state index contributed by atoms with van der Waals surface area (Å²) in [4.78, 5) is 38.0. The Morgan fingerprint density at radius 3 is 2.28 bits per heavy atom. The van der Waals surface area contributed by atoms with Crippen LogP contribution in [0.5, 0.6) is 11.5 Å². The molecule has 0 radical (unpaired) electrons. The number of nitrogens with one attached hydrogen (secondary N) is 3. The molecule has 43 heavy (non-hydrogen) atoms. The number of carbonyl (C=O) groups excluding carboxylic acids is 3. The monoisotopic (exact) mass is 581 g/mol. The van der Waals surface area contributed by atoms with E-state index in [-0.39, 0.29) is 17.3 Å². The predicted octanol–water partition coefficient (Wildman–Crippen LogP) is 5.79. The molecule has 0 unspecified atom stereocenters. The minimum atomic E-state index is -1.29. The highest BCUT2D eigenvalue weighted by atomic mass is 19.1. The molecule has 9 nitrogen and oxygen atoms in total. The van der Waals surface area contributed by atoms with Crippen molar-refractivity contribution in [2.24, 2.45) is 5.41 Å². The van der Waals surface area contributed by atoms with Crippen LogP contribution in [0.25, 0.3) is 16.6 Å². The fourth-order valence-corrected chi connectivity index (χ4v) is 4.80. The van der Waals surface area contributed by atoms with Gasteiger partial charge in [0.2, 0.25) is 11.8 Å². The Balaban J connectivity index is 1.20. The maximum absolute atomic E-state index is 15.3. The van der Waals surface area contributed by atoms with Crippen LogP contribution in [0.1, 0.15) is 23.2 Å². The lowest BCUT2D eigenvalue weighted by Gasteiger charge is -2.16. The number of carbonyl (C=O) groups is 3. The van der Waals surface area contributed by atoms with E-state index in [0.717, 1.165) is 17.2 Å². The Bertz CT molecular complexity index is 1880. The normalized spacial score (nSPS) is 13.3. The average molecular weight is 582 g/mol. The van der Waals surface area contributed by atoms with Gasteiger partial charge < -0.3 is 20.7 Å². The average Bonchev–Trinajstić information content (AvgIpc) is 3.72. The molecule has 0 spiro atoms. The molecule has 3 amide bonds. The van der Waals surface area contributed by atoms with Crippen molar-refractivity contribution < 1.29 is 27.9 Å². The fourth-order valence-electron chi connectivity index (χ4n) is 4.80. The summed E-state index contributed by atoms with van der Waals surface area (Å²) < 4.78 is 36.0. The van der Waals surface area contributed by atoms with Gasteiger partial charge >= 0.3 is 0 Å². The van der Waals surface area contributed by atoms with Crippen molar-refractivity contribution in [2.45, 2.75) is 12.8 Å². The van der Waals surface area contributed by atoms with Crippen molar-refractivity contribution in [2.75, 3.05) is 17.7 Å². The second-order valence-electron chi connectivity index (χ2n) is 10.1. The minimum absolute atomic E-state index is 0.0902. The van der Waals surface area contributed by atoms with E-state index in [1.54, 1.807) is 42.0 Å². The highest BCUT2D eigenvalue weighted by Gasteiger charge is 2.56. The first-order valence-corrected chi connectivity index (χ1v) is 13.4. The highest BCUT2D eigenvalue weighted by Crippen LogP contribution is 2.47. The van der Waals surface area contributed by atoms with Gasteiger partial charge in [-0.25, -0.2) is 13.3 Å². The summed E-state index contributed by atoms with van der Waals surface area (Å²) in [7, 11) is 1.56. The molecule has 0 aliphatic heterocycles. The van der Waals surface area contributed by atoms with Gasteiger partial charge in [0.05, 0.1) is 6.20 Å². The molecule has 3 N–H and O–H groups in total. The number of anilines is 2. The van der Waals surface area contributed by atoms with Gasteiger partial charge in [0.1, 0.15) is 16.7 Å². The molecule has 6 rings (SSSR count). The third-order valence-electron chi connectivity index (χ3n) is 7.31. The summed E-state index contributed by atoms with van der Waals surface area (Å²) in [6.07, 6.45) is 3.92. The molecule has 1 aliphatic rings. The van der Waals surface area contributed by atoms with Gasteiger partial charge in [-0.1, -0.05) is 12.1 Å². The number of hydrogen-bond acceptors (Lipinski definition) is 5. The van der Waals surface area contributed by atoms with Crippen molar-refractivity contribution in [3.8, 4) is 22.6 Å². The zero-order chi connectivity index (χ0) is 30.1. The number of nitrogens with zero attached hydrogens (tertiary/aromatic N) is 2. The lowest BCUT2D eigenvalue weighted by Crippen LogP contribution is -2.35. The number of fused-ring (bicyclic) bond motifs is 1. The molecule has 0 saturated heterocycles. The lowest BCUT2D eigenvalue weighted by atomic mass is 10.0. The first kappa shape index (κ1) is 27.6. The van der Waals surface area contributed by atoms with Crippen molar-refractivity contribution in [3.05, 3.63) is 108 Å². The van der Waals surface area contributed by atoms with Crippen molar-refractivity contribution in [3.63, 3.8) is 0 Å². The maximum atomic E-state index is 15.3. The molecule has 2 heterocycles. The van der Waals surface area contributed by atoms with E-state index >= 15 is 4.39 Å². The molecule has 0 atom stereocenters. The Kier molecular flexibility index (Phi) is 7.06. The van der Waals surface area contributed by atoms with Gasteiger partial charge in [0.25, 0.3) is 5.91 Å². The largest absolute Gasteiger partial charge is 0.452 e. The molecule has 216 valence electrons. The van der Waals surface area contributed by atoms with Gasteiger partial charge in [0.15, 0.2) is 17.3 Å². The highest BCUT2D eigenvalue weighted by molar-refractivity contribution is 6.16. The van der Waals surface area contributed by atoms with Crippen LogP contribution in [0.3, 0.4) is 0 Å². The quantitative estimate of drug-likeness (QED) is 0.201. The van der Waals surface area contributed by atoms with Crippen molar-refractivity contribution in [1.82, 2.24) is 14.9 Å². The predicted molar refractivity (Wildman–Crippen MR) is 156 cm³/mol. The van der Waals surface area contributed by atoms with E-state index in [1.165, 1.54) is 42.6 Å². The summed E-state index contributed by atoms with van der Waals surface area (Å²) in [5.74, 6) is -2.24. The molecule has 11 heteroatoms. The Morgan fingerprint density at radius 1 is 0.860 bits per heavy atom. The smallest absolute Gasteiger partial charge is 0.251 e. The second-order valence-corrected chi connectivity index (χ2v) is 10.1. The fraction of sp³-hybridized carbons (Fsp3) is 0.125. The van der Waals surface area contributed by atoms with Crippen molar-refractivity contribution >= 4 is 34.6 Å². The molecular weight excluding hydrogens is 556 g/mol. The molecule has 1 saturated carbocycles. The number of rotatable bonds is 8. The summed E-state index contributed by atoms with van der Waals surface area (Å²) in [6.45, 7) is 0. The van der Waals surface area contributed by atoms with E-state index in [9.17, 15) is 18.8 Å². The number of hydrogen-bond donors (Lipinski definition) is 3. The van der Waals surface area contributed by atoms with Crippen LogP contribution < -0.4 is 20.7 Å². The van der Waals surface area contributed by atoms with Crippen LogP contribution in [0.15, 0.2) is 91.3 Å². The second kappa shape index (κ2) is 11.0. The van der Waals surface area contributed by atoms with E-state index in [1.807, 2.05) is 12.1 Å². The zero-order valence-corrected chi connectivity index (χ0v) is 22.9. The summed E-state index contributed by atoms with van der Waals surface area (Å²) in [5, 5.41) is 12.2. The minimum Gasteiger partial charge on any atom is -0.452 e. The SMILES string of the molecule is CNC(=O)c1cccc(-c2ccn3nccc(Oc4ccc(NC(=O)C5(C(=O)Nc6ccc(F)cc6)CC5)cc4F)c23)c1. The van der Waals surface area contributed by atoms with Gasteiger partial charge in [-0.05, 0) is 73.0 Å². The first-order chi connectivity index (χ1) is 20.8. The standard InChI is InChI=1S/C32H25F2N5O4/c1-35-29(40)20-4-2-3-19(17-20)24-12-16-39-28(24)27(11-15-36-39)43-26-10-9-23(18-25(26)34)38-31(42)32(13-14-32)30(41)37-22-7-5-21(33)6-8-22/h2-12,15-18H,13-14H2,1H3,(H,35,40)(H,37,41)(H,38,42). The molecular formula is C32H25F2N5O4. The number of ether oxygens (including phenoxy) is 1. The molecule has 3 aromatic carbocycles. The summed E-state index contributed by atoms with van der Waals surface area (Å²) in [5.41, 5.74) is 1.76. The first-order valence-electron chi connectivity index (χ1n) is 13.4. The Hall–Kier alpha value is -5.58. The van der Waals surface area contributed by atoms with Gasteiger partial charge in [-0.2, -0.15) is 5.10 Å². The number of aromatic nitrogens is 2. The van der Waals surface area contributed by atoms with Crippen LogP contribution in [0, 0.1) is 17.0 Å². The topological polar surface area (TPSA) is 114 Å². The third kappa shape index (κ3) is 5.40. The summed E-state index contributed by atoms with van der Waals surface area (Å²) >= 11 is 0.